The van der Waals surface area contributed by atoms with E-state index in [9.17, 15) is 0 Å². The van der Waals surface area contributed by atoms with E-state index in [1.165, 1.54) is 5.56 Å². The van der Waals surface area contributed by atoms with Crippen molar-refractivity contribution in [1.29, 1.82) is 0 Å². The van der Waals surface area contributed by atoms with Crippen molar-refractivity contribution in [3.8, 4) is 11.1 Å². The lowest BCUT2D eigenvalue weighted by molar-refractivity contribution is 0.0342. The van der Waals surface area contributed by atoms with Gasteiger partial charge in [-0.1, -0.05) is 24.3 Å². The molecule has 158 valence electrons. The number of nitrogens with zero attached hydrogens (tertiary/aromatic N) is 4. The highest BCUT2D eigenvalue weighted by Crippen LogP contribution is 2.36. The van der Waals surface area contributed by atoms with Gasteiger partial charge in [0.05, 0.1) is 43.2 Å². The number of benzene rings is 1. The molecule has 2 saturated heterocycles. The summed E-state index contributed by atoms with van der Waals surface area (Å²) >= 11 is 0. The second-order valence-corrected chi connectivity index (χ2v) is 7.91. The number of aromatic amines is 1. The molecule has 2 aliphatic rings. The summed E-state index contributed by atoms with van der Waals surface area (Å²) in [6.07, 6.45) is 3.85. The first-order valence-electron chi connectivity index (χ1n) is 10.6. The van der Waals surface area contributed by atoms with E-state index in [2.05, 4.69) is 49.2 Å². The molecule has 8 heteroatoms. The Morgan fingerprint density at radius 2 is 1.90 bits per heavy atom. The lowest BCUT2D eigenvalue weighted by atomic mass is 10.0. The maximum Gasteiger partial charge on any atom is 0.157 e. The minimum Gasteiger partial charge on any atom is -0.379 e. The maximum atomic E-state index is 5.88. The average molecular weight is 409 g/mol. The smallest absolute Gasteiger partial charge is 0.157 e. The average Bonchev–Trinajstić information content (AvgIpc) is 3.29. The lowest BCUT2D eigenvalue weighted by Gasteiger charge is -2.35. The Balaban J connectivity index is 1.46. The minimum atomic E-state index is 0.0395. The number of aromatic nitrogens is 3. The summed E-state index contributed by atoms with van der Waals surface area (Å²) in [5, 5.41) is 8.25. The molecule has 8 nitrogen and oxygen atoms in total. The Hall–Kier alpha value is -2.52. The molecule has 0 amide bonds. The van der Waals surface area contributed by atoms with Crippen LogP contribution in [0.25, 0.3) is 22.2 Å². The van der Waals surface area contributed by atoms with Crippen LogP contribution in [0.4, 0.5) is 5.69 Å². The van der Waals surface area contributed by atoms with E-state index in [1.54, 1.807) is 0 Å². The largest absolute Gasteiger partial charge is 0.379 e. The first-order valence-corrected chi connectivity index (χ1v) is 10.6. The van der Waals surface area contributed by atoms with Crippen LogP contribution in [0.5, 0.6) is 0 Å². The molecule has 1 unspecified atom stereocenters. The Bertz CT molecular complexity index is 983. The standard InChI is InChI=1S/C22H28N6O2/c23-11-18-15-28(7-10-30-18)21-19(12-24-22-20(21)13-25-26-22)17-3-1-16(2-4-17)14-27-5-8-29-9-6-27/h1-4,12-13,18H,5-11,14-15,23H2,(H,24,25,26). The lowest BCUT2D eigenvalue weighted by Crippen LogP contribution is -2.46. The summed E-state index contributed by atoms with van der Waals surface area (Å²) in [5.41, 5.74) is 11.4. The number of ether oxygens (including phenoxy) is 2. The number of rotatable bonds is 5. The molecule has 3 aromatic rings. The second kappa shape index (κ2) is 8.69. The summed E-state index contributed by atoms with van der Waals surface area (Å²) in [7, 11) is 0. The van der Waals surface area contributed by atoms with Crippen molar-refractivity contribution in [1.82, 2.24) is 20.1 Å². The Morgan fingerprint density at radius 3 is 2.70 bits per heavy atom. The Labute approximate surface area is 176 Å². The predicted molar refractivity (Wildman–Crippen MR) is 116 cm³/mol. The third kappa shape index (κ3) is 3.91. The number of hydrogen-bond acceptors (Lipinski definition) is 7. The van der Waals surface area contributed by atoms with E-state index in [0.717, 1.165) is 73.8 Å². The van der Waals surface area contributed by atoms with Gasteiger partial charge in [-0.15, -0.1) is 0 Å². The molecule has 1 aromatic carbocycles. The highest BCUT2D eigenvalue weighted by Gasteiger charge is 2.24. The van der Waals surface area contributed by atoms with Crippen molar-refractivity contribution in [2.45, 2.75) is 12.6 Å². The normalized spacial score (nSPS) is 20.7. The van der Waals surface area contributed by atoms with E-state index >= 15 is 0 Å². The van der Waals surface area contributed by atoms with Gasteiger partial charge in [-0.2, -0.15) is 5.10 Å². The van der Waals surface area contributed by atoms with Gasteiger partial charge < -0.3 is 20.1 Å². The van der Waals surface area contributed by atoms with Crippen LogP contribution in [0.15, 0.2) is 36.7 Å². The number of nitrogens with two attached hydrogens (primary N) is 1. The van der Waals surface area contributed by atoms with Crippen LogP contribution in [0.2, 0.25) is 0 Å². The van der Waals surface area contributed by atoms with Gasteiger partial charge in [-0.05, 0) is 11.1 Å². The highest BCUT2D eigenvalue weighted by atomic mass is 16.5. The van der Waals surface area contributed by atoms with Crippen LogP contribution in [0.3, 0.4) is 0 Å². The monoisotopic (exact) mass is 408 g/mol. The molecule has 2 fully saturated rings. The molecule has 0 radical (unpaired) electrons. The van der Waals surface area contributed by atoms with Crippen LogP contribution in [-0.2, 0) is 16.0 Å². The molecular weight excluding hydrogens is 380 g/mol. The molecule has 30 heavy (non-hydrogen) atoms. The number of H-pyrrole nitrogens is 1. The van der Waals surface area contributed by atoms with Gasteiger partial charge in [0, 0.05) is 51.0 Å². The van der Waals surface area contributed by atoms with Crippen LogP contribution >= 0.6 is 0 Å². The van der Waals surface area contributed by atoms with E-state index in [1.807, 2.05) is 12.4 Å². The van der Waals surface area contributed by atoms with Crippen molar-refractivity contribution in [3.63, 3.8) is 0 Å². The molecule has 2 aromatic heterocycles. The van der Waals surface area contributed by atoms with E-state index in [-0.39, 0.29) is 6.10 Å². The summed E-state index contributed by atoms with van der Waals surface area (Å²) < 4.78 is 11.2. The maximum absolute atomic E-state index is 5.88. The molecule has 4 heterocycles. The molecule has 0 bridgehead atoms. The molecule has 0 saturated carbocycles. The minimum absolute atomic E-state index is 0.0395. The van der Waals surface area contributed by atoms with E-state index in [0.29, 0.717) is 13.2 Å². The fourth-order valence-corrected chi connectivity index (χ4v) is 4.31. The fourth-order valence-electron chi connectivity index (χ4n) is 4.31. The van der Waals surface area contributed by atoms with Crippen LogP contribution in [0, 0.1) is 0 Å². The quantitative estimate of drug-likeness (QED) is 0.663. The predicted octanol–water partition coefficient (Wildman–Crippen LogP) is 1.62. The third-order valence-corrected chi connectivity index (χ3v) is 5.94. The molecule has 1 atom stereocenters. The topological polar surface area (TPSA) is 92.5 Å². The summed E-state index contributed by atoms with van der Waals surface area (Å²) in [6.45, 7) is 7.35. The van der Waals surface area contributed by atoms with Crippen LogP contribution in [-0.4, -0.2) is 78.7 Å². The second-order valence-electron chi connectivity index (χ2n) is 7.91. The Kier molecular flexibility index (Phi) is 5.63. The van der Waals surface area contributed by atoms with Gasteiger partial charge in [0.25, 0.3) is 0 Å². The molecule has 5 rings (SSSR count). The van der Waals surface area contributed by atoms with Crippen molar-refractivity contribution < 1.29 is 9.47 Å². The molecule has 0 spiro atoms. The fraction of sp³-hybridized carbons (Fsp3) is 0.455. The third-order valence-electron chi connectivity index (χ3n) is 5.94. The van der Waals surface area contributed by atoms with Crippen molar-refractivity contribution in [2.75, 3.05) is 57.4 Å². The molecule has 2 aliphatic heterocycles. The van der Waals surface area contributed by atoms with E-state index < -0.39 is 0 Å². The molecular formula is C22H28N6O2. The number of nitrogens with one attached hydrogen (secondary N) is 1. The molecule has 0 aliphatic carbocycles. The number of anilines is 1. The number of morpholine rings is 2. The zero-order valence-electron chi connectivity index (χ0n) is 17.1. The number of fused-ring (bicyclic) bond motifs is 1. The molecule has 3 N–H and O–H groups in total. The highest BCUT2D eigenvalue weighted by molar-refractivity contribution is 5.98. The zero-order valence-corrected chi connectivity index (χ0v) is 17.1. The van der Waals surface area contributed by atoms with Crippen LogP contribution < -0.4 is 10.6 Å². The first kappa shape index (κ1) is 19.4. The van der Waals surface area contributed by atoms with Crippen molar-refractivity contribution >= 4 is 16.7 Å². The first-order chi connectivity index (χ1) is 14.8. The van der Waals surface area contributed by atoms with Gasteiger partial charge in [-0.3, -0.25) is 10.00 Å². The number of pyridine rings is 1. The van der Waals surface area contributed by atoms with Gasteiger partial charge >= 0.3 is 0 Å². The summed E-state index contributed by atoms with van der Waals surface area (Å²) in [5.74, 6) is 0. The SMILES string of the molecule is NCC1CN(c2c(-c3ccc(CN4CCOCC4)cc3)cnc3[nH]ncc23)CCO1. The van der Waals surface area contributed by atoms with Crippen molar-refractivity contribution in [2.24, 2.45) is 5.73 Å². The van der Waals surface area contributed by atoms with Gasteiger partial charge in [-0.25, -0.2) is 4.98 Å². The number of hydrogen-bond donors (Lipinski definition) is 2. The van der Waals surface area contributed by atoms with E-state index in [4.69, 9.17) is 15.2 Å². The van der Waals surface area contributed by atoms with Crippen molar-refractivity contribution in [3.05, 3.63) is 42.2 Å². The van der Waals surface area contributed by atoms with Gasteiger partial charge in [0.2, 0.25) is 0 Å². The zero-order chi connectivity index (χ0) is 20.3. The van der Waals surface area contributed by atoms with Gasteiger partial charge in [0.1, 0.15) is 0 Å². The van der Waals surface area contributed by atoms with Crippen LogP contribution in [0.1, 0.15) is 5.56 Å². The summed E-state index contributed by atoms with van der Waals surface area (Å²) in [6, 6.07) is 8.83. The summed E-state index contributed by atoms with van der Waals surface area (Å²) in [4.78, 5) is 9.40. The van der Waals surface area contributed by atoms with Gasteiger partial charge in [0.15, 0.2) is 5.65 Å². The Morgan fingerprint density at radius 1 is 1.07 bits per heavy atom.